The van der Waals surface area contributed by atoms with E-state index in [-0.39, 0.29) is 11.5 Å². The Kier molecular flexibility index (Phi) is 8.05. The van der Waals surface area contributed by atoms with Crippen molar-refractivity contribution in [2.75, 3.05) is 5.32 Å². The molecule has 43 heavy (non-hydrogen) atoms. The Labute approximate surface area is 255 Å². The number of halogens is 2. The highest BCUT2D eigenvalue weighted by molar-refractivity contribution is 7.07. The number of carbonyl (C=O) groups excluding carboxylic acids is 1. The fourth-order valence-corrected chi connectivity index (χ4v) is 6.02. The fraction of sp³-hybridized carbons (Fsp3) is 0.0882. The number of ether oxygens (including phenoxy) is 1. The molecule has 0 fully saturated rings. The summed E-state index contributed by atoms with van der Waals surface area (Å²) in [7, 11) is 0. The number of allylic oxidation sites excluding steroid dienone is 1. The zero-order valence-corrected chi connectivity index (χ0v) is 24.5. The third kappa shape index (κ3) is 6.21. The van der Waals surface area contributed by atoms with Crippen molar-refractivity contribution in [1.29, 1.82) is 0 Å². The maximum Gasteiger partial charge on any atom is 0.271 e. The van der Waals surface area contributed by atoms with Gasteiger partial charge in [0.25, 0.3) is 11.5 Å². The first kappa shape index (κ1) is 28.3. The van der Waals surface area contributed by atoms with E-state index >= 15 is 0 Å². The first-order valence-corrected chi connectivity index (χ1v) is 14.7. The Bertz CT molecular complexity index is 2000. The number of benzene rings is 4. The molecule has 0 bridgehead atoms. The van der Waals surface area contributed by atoms with Crippen LogP contribution in [-0.2, 0) is 11.4 Å². The van der Waals surface area contributed by atoms with E-state index in [4.69, 9.17) is 16.3 Å². The van der Waals surface area contributed by atoms with E-state index in [0.717, 1.165) is 11.1 Å². The summed E-state index contributed by atoms with van der Waals surface area (Å²) >= 11 is 7.19. The van der Waals surface area contributed by atoms with Crippen molar-refractivity contribution < 1.29 is 13.9 Å². The number of fused-ring (bicyclic) bond motifs is 1. The van der Waals surface area contributed by atoms with Gasteiger partial charge in [0, 0.05) is 10.7 Å². The van der Waals surface area contributed by atoms with Crippen molar-refractivity contribution in [1.82, 2.24) is 4.57 Å². The lowest BCUT2D eigenvalue weighted by atomic mass is 9.95. The molecule has 9 heteroatoms. The number of para-hydroxylation sites is 1. The molecule has 0 aliphatic carbocycles. The van der Waals surface area contributed by atoms with Crippen LogP contribution in [-0.4, -0.2) is 10.5 Å². The predicted molar refractivity (Wildman–Crippen MR) is 167 cm³/mol. The molecule has 214 valence electrons. The van der Waals surface area contributed by atoms with Crippen molar-refractivity contribution in [3.05, 3.63) is 162 Å². The van der Waals surface area contributed by atoms with Crippen LogP contribution >= 0.6 is 22.9 Å². The van der Waals surface area contributed by atoms with Crippen LogP contribution in [0.15, 0.2) is 124 Å². The zero-order chi connectivity index (χ0) is 29.9. The highest BCUT2D eigenvalue weighted by atomic mass is 35.5. The van der Waals surface area contributed by atoms with Crippen LogP contribution in [0.2, 0.25) is 5.02 Å². The molecule has 1 atom stereocenters. The highest BCUT2D eigenvalue weighted by Gasteiger charge is 2.32. The fourth-order valence-electron chi connectivity index (χ4n) is 4.85. The molecule has 2 heterocycles. The lowest BCUT2D eigenvalue weighted by Gasteiger charge is -2.25. The lowest BCUT2D eigenvalue weighted by molar-refractivity contribution is -0.113. The first-order valence-electron chi connectivity index (χ1n) is 13.5. The molecular formula is C34H25ClFN3O3S. The van der Waals surface area contributed by atoms with Crippen molar-refractivity contribution in [2.45, 2.75) is 19.6 Å². The monoisotopic (exact) mass is 609 g/mol. The standard InChI is InChI=1S/C34H25ClFN3O3S/c1-21-30(32(40)38-27-5-3-2-4-6-27)31(24-11-15-26(36)16-12-24)39-33(41)29(43-34(39)37-21)19-22-9-17-28(18-10-22)42-20-23-7-13-25(35)14-8-23/h2-19,31H,20H2,1H3,(H,38,40)/b29-19-/t31-/m0/s1. The first-order chi connectivity index (χ1) is 20.9. The molecule has 6 nitrogen and oxygen atoms in total. The summed E-state index contributed by atoms with van der Waals surface area (Å²) in [6.45, 7) is 2.15. The largest absolute Gasteiger partial charge is 0.489 e. The summed E-state index contributed by atoms with van der Waals surface area (Å²) < 4.78 is 21.7. The summed E-state index contributed by atoms with van der Waals surface area (Å²) in [6.07, 6.45) is 1.79. The summed E-state index contributed by atoms with van der Waals surface area (Å²) in [5.74, 6) is -0.104. The van der Waals surface area contributed by atoms with Crippen LogP contribution in [0.5, 0.6) is 5.75 Å². The molecule has 0 unspecified atom stereocenters. The van der Waals surface area contributed by atoms with E-state index in [1.54, 1.807) is 37.3 Å². The Morgan fingerprint density at radius 1 is 1.00 bits per heavy atom. The van der Waals surface area contributed by atoms with Gasteiger partial charge in [0.1, 0.15) is 18.2 Å². The van der Waals surface area contributed by atoms with Gasteiger partial charge in [0.2, 0.25) is 0 Å². The van der Waals surface area contributed by atoms with Crippen molar-refractivity contribution >= 4 is 40.6 Å². The molecule has 1 aromatic heterocycles. The van der Waals surface area contributed by atoms with Crippen molar-refractivity contribution in [2.24, 2.45) is 4.99 Å². The van der Waals surface area contributed by atoms with Gasteiger partial charge in [-0.05, 0) is 78.2 Å². The maximum atomic E-state index is 13.9. The van der Waals surface area contributed by atoms with E-state index in [2.05, 4.69) is 10.3 Å². The van der Waals surface area contributed by atoms with Gasteiger partial charge in [-0.15, -0.1) is 0 Å². The SMILES string of the molecule is CC1=C(C(=O)Nc2ccccc2)[C@H](c2ccc(F)cc2)n2c(s/c(=C\c3ccc(OCc4ccc(Cl)cc4)cc3)c2=O)=N1. The summed E-state index contributed by atoms with van der Waals surface area (Å²) in [4.78, 5) is 32.6. The van der Waals surface area contributed by atoms with Crippen LogP contribution in [0, 0.1) is 5.82 Å². The number of anilines is 1. The number of amides is 1. The van der Waals surface area contributed by atoms with Gasteiger partial charge in [-0.25, -0.2) is 9.38 Å². The second-order valence-electron chi connectivity index (χ2n) is 9.94. The van der Waals surface area contributed by atoms with Crippen LogP contribution < -0.4 is 24.9 Å². The topological polar surface area (TPSA) is 72.7 Å². The molecule has 1 aliphatic heterocycles. The van der Waals surface area contributed by atoms with Gasteiger partial charge in [-0.1, -0.05) is 77.5 Å². The maximum absolute atomic E-state index is 13.9. The van der Waals surface area contributed by atoms with E-state index < -0.39 is 11.9 Å². The third-order valence-electron chi connectivity index (χ3n) is 6.98. The molecule has 0 spiro atoms. The summed E-state index contributed by atoms with van der Waals surface area (Å²) in [5, 5.41) is 3.58. The summed E-state index contributed by atoms with van der Waals surface area (Å²) in [6, 6.07) is 29.0. The molecule has 0 radical (unpaired) electrons. The molecule has 0 saturated heterocycles. The number of nitrogens with zero attached hydrogens (tertiary/aromatic N) is 2. The minimum absolute atomic E-state index is 0.293. The minimum Gasteiger partial charge on any atom is -0.489 e. The molecule has 5 aromatic rings. The number of hydrogen-bond donors (Lipinski definition) is 1. The van der Waals surface area contributed by atoms with E-state index in [1.165, 1.54) is 28.0 Å². The molecule has 4 aromatic carbocycles. The van der Waals surface area contributed by atoms with Crippen LogP contribution in [0.25, 0.3) is 6.08 Å². The van der Waals surface area contributed by atoms with Crippen molar-refractivity contribution in [3.8, 4) is 5.75 Å². The molecule has 1 aliphatic rings. The van der Waals surface area contributed by atoms with Crippen LogP contribution in [0.1, 0.15) is 29.7 Å². The second-order valence-corrected chi connectivity index (χ2v) is 11.4. The zero-order valence-electron chi connectivity index (χ0n) is 23.0. The average molecular weight is 610 g/mol. The molecule has 1 N–H and O–H groups in total. The van der Waals surface area contributed by atoms with Crippen LogP contribution in [0.3, 0.4) is 0 Å². The van der Waals surface area contributed by atoms with E-state index in [0.29, 0.717) is 49.2 Å². The number of nitrogens with one attached hydrogen (secondary N) is 1. The predicted octanol–water partition coefficient (Wildman–Crippen LogP) is 6.25. The number of aromatic nitrogens is 1. The summed E-state index contributed by atoms with van der Waals surface area (Å²) in [5.41, 5.74) is 3.53. The quantitative estimate of drug-likeness (QED) is 0.237. The lowest BCUT2D eigenvalue weighted by Crippen LogP contribution is -2.40. The molecule has 0 saturated carbocycles. The van der Waals surface area contributed by atoms with Gasteiger partial charge in [0.05, 0.1) is 21.8 Å². The second kappa shape index (κ2) is 12.2. The average Bonchev–Trinajstić information content (AvgIpc) is 3.31. The number of rotatable bonds is 7. The normalized spacial score (nSPS) is 14.7. The Hall–Kier alpha value is -4.79. The molecule has 1 amide bonds. The van der Waals surface area contributed by atoms with Gasteiger partial charge in [-0.3, -0.25) is 14.2 Å². The number of carbonyl (C=O) groups is 1. The highest BCUT2D eigenvalue weighted by Crippen LogP contribution is 2.31. The van der Waals surface area contributed by atoms with Gasteiger partial charge in [-0.2, -0.15) is 0 Å². The van der Waals surface area contributed by atoms with Gasteiger partial charge >= 0.3 is 0 Å². The molecular weight excluding hydrogens is 585 g/mol. The smallest absolute Gasteiger partial charge is 0.271 e. The number of hydrogen-bond acceptors (Lipinski definition) is 5. The molecule has 6 rings (SSSR count). The van der Waals surface area contributed by atoms with E-state index in [9.17, 15) is 14.0 Å². The van der Waals surface area contributed by atoms with E-state index in [1.807, 2.05) is 66.7 Å². The Morgan fingerprint density at radius 2 is 1.70 bits per heavy atom. The van der Waals surface area contributed by atoms with Gasteiger partial charge < -0.3 is 10.1 Å². The minimum atomic E-state index is -0.786. The van der Waals surface area contributed by atoms with Crippen LogP contribution in [0.4, 0.5) is 10.1 Å². The third-order valence-corrected chi connectivity index (χ3v) is 8.22. The van der Waals surface area contributed by atoms with Gasteiger partial charge in [0.15, 0.2) is 4.80 Å². The van der Waals surface area contributed by atoms with Crippen molar-refractivity contribution in [3.63, 3.8) is 0 Å². The number of thiazole rings is 1. The Morgan fingerprint density at radius 3 is 2.40 bits per heavy atom. The Balaban J connectivity index is 1.33.